The molecule has 1 fully saturated rings. The number of hydrogen-bond acceptors (Lipinski definition) is 8. The van der Waals surface area contributed by atoms with Gasteiger partial charge in [-0.3, -0.25) is 14.5 Å². The Kier molecular flexibility index (Phi) is 6.31. The van der Waals surface area contributed by atoms with E-state index in [4.69, 9.17) is 18.9 Å². The summed E-state index contributed by atoms with van der Waals surface area (Å²) >= 11 is 0. The van der Waals surface area contributed by atoms with Crippen molar-refractivity contribution in [3.8, 4) is 28.7 Å². The molecule has 4 heterocycles. The summed E-state index contributed by atoms with van der Waals surface area (Å²) in [7, 11) is 4.59. The summed E-state index contributed by atoms with van der Waals surface area (Å²) in [6, 6.07) is 12.1. The van der Waals surface area contributed by atoms with Gasteiger partial charge in [0, 0.05) is 43.9 Å². The van der Waals surface area contributed by atoms with Crippen LogP contribution >= 0.6 is 0 Å². The maximum atomic E-state index is 13.3. The highest BCUT2D eigenvalue weighted by atomic mass is 16.5. The number of piperidine rings is 1. The van der Waals surface area contributed by atoms with Crippen molar-refractivity contribution in [2.24, 2.45) is 5.92 Å². The number of phenolic OH excluding ortho intramolecular Hbond substituents is 1. The number of likely N-dealkylation sites (tertiary alicyclic amines) is 1. The van der Waals surface area contributed by atoms with Gasteiger partial charge in [-0.1, -0.05) is 6.07 Å². The molecule has 1 saturated heterocycles. The van der Waals surface area contributed by atoms with E-state index in [9.17, 15) is 14.7 Å². The molecular weight excluding hydrogens is 500 g/mol. The number of phenols is 1. The second-order valence-electron chi connectivity index (χ2n) is 10.2. The topological polar surface area (TPSA) is 99.5 Å². The third-order valence-corrected chi connectivity index (χ3v) is 7.84. The van der Waals surface area contributed by atoms with Crippen molar-refractivity contribution in [2.45, 2.75) is 25.4 Å². The van der Waals surface area contributed by atoms with Crippen molar-refractivity contribution in [2.75, 3.05) is 34.4 Å². The van der Waals surface area contributed by atoms with Crippen LogP contribution in [-0.2, 0) is 13.1 Å². The quantitative estimate of drug-likeness (QED) is 0.481. The molecule has 3 aliphatic heterocycles. The van der Waals surface area contributed by atoms with E-state index >= 15 is 0 Å². The Hall–Kier alpha value is -4.24. The molecule has 0 saturated carbocycles. The van der Waals surface area contributed by atoms with Gasteiger partial charge in [0.25, 0.3) is 5.56 Å². The van der Waals surface area contributed by atoms with Crippen molar-refractivity contribution in [3.05, 3.63) is 81.0 Å². The highest BCUT2D eigenvalue weighted by molar-refractivity contribution is 6.15. The maximum absolute atomic E-state index is 13.3. The summed E-state index contributed by atoms with van der Waals surface area (Å²) in [6.45, 7) is 2.68. The number of ether oxygens (including phenoxy) is 4. The van der Waals surface area contributed by atoms with E-state index in [1.807, 2.05) is 16.7 Å². The van der Waals surface area contributed by atoms with Crippen molar-refractivity contribution in [3.63, 3.8) is 0 Å². The molecule has 2 bridgehead atoms. The number of rotatable bonds is 6. The van der Waals surface area contributed by atoms with Crippen molar-refractivity contribution in [1.29, 1.82) is 0 Å². The number of carbonyl (C=O) groups is 1. The Bertz CT molecular complexity index is 1530. The molecule has 0 aliphatic carbocycles. The van der Waals surface area contributed by atoms with E-state index < -0.39 is 0 Å². The molecule has 1 aromatic heterocycles. The normalized spacial score (nSPS) is 20.8. The summed E-state index contributed by atoms with van der Waals surface area (Å²) < 4.78 is 24.3. The standard InChI is InChI=1S/C30H30N2O7/c1-36-25-11-17(12-26(37-2)30(25)38-3)10-24-28(35)20-7-8-23(33)21(29(20)39-24)16-31-13-18-9-19(15-31)22-5-4-6-27(34)32(22)14-18/h4-8,10-12,18-19,33H,9,13-16H2,1-3H3/b24-10-/t18-,19-/m0/s1. The monoisotopic (exact) mass is 530 g/mol. The van der Waals surface area contributed by atoms with Gasteiger partial charge in [0.1, 0.15) is 11.5 Å². The lowest BCUT2D eigenvalue weighted by Gasteiger charge is -2.42. The second-order valence-corrected chi connectivity index (χ2v) is 10.2. The number of benzene rings is 2. The molecule has 0 spiro atoms. The predicted octanol–water partition coefficient (Wildman–Crippen LogP) is 3.82. The predicted molar refractivity (Wildman–Crippen MR) is 144 cm³/mol. The van der Waals surface area contributed by atoms with E-state index in [1.165, 1.54) is 21.3 Å². The number of pyridine rings is 1. The molecule has 3 aromatic rings. The first kappa shape index (κ1) is 25.1. The number of ketones is 1. The van der Waals surface area contributed by atoms with Crippen LogP contribution in [0, 0.1) is 5.92 Å². The first-order chi connectivity index (χ1) is 18.9. The zero-order valence-electron chi connectivity index (χ0n) is 22.1. The van der Waals surface area contributed by atoms with E-state index in [2.05, 4.69) is 4.90 Å². The summed E-state index contributed by atoms with van der Waals surface area (Å²) in [5.74, 6) is 2.31. The Balaban J connectivity index is 1.29. The number of nitrogens with zero attached hydrogens (tertiary/aromatic N) is 2. The third-order valence-electron chi connectivity index (χ3n) is 7.84. The fraction of sp³-hybridized carbons (Fsp3) is 0.333. The number of aromatic nitrogens is 1. The van der Waals surface area contributed by atoms with E-state index in [-0.39, 0.29) is 28.8 Å². The molecule has 3 aliphatic rings. The Morgan fingerprint density at radius 3 is 2.49 bits per heavy atom. The molecule has 2 atom stereocenters. The summed E-state index contributed by atoms with van der Waals surface area (Å²) in [5, 5.41) is 10.8. The van der Waals surface area contributed by atoms with Crippen LogP contribution in [-0.4, -0.2) is 54.8 Å². The van der Waals surface area contributed by atoms with Gasteiger partial charge in [0.2, 0.25) is 11.5 Å². The molecule has 6 rings (SSSR count). The molecule has 9 nitrogen and oxygen atoms in total. The van der Waals surface area contributed by atoms with Crippen molar-refractivity contribution < 1.29 is 28.8 Å². The van der Waals surface area contributed by atoms with Gasteiger partial charge >= 0.3 is 0 Å². The van der Waals surface area contributed by atoms with E-state index in [0.29, 0.717) is 58.7 Å². The lowest BCUT2D eigenvalue weighted by Crippen LogP contribution is -2.46. The fourth-order valence-electron chi connectivity index (χ4n) is 6.13. The summed E-state index contributed by atoms with van der Waals surface area (Å²) in [5.41, 5.74) is 2.75. The number of Topliss-reactive ketones (excluding diaryl/α,β-unsaturated/α-hetero) is 1. The van der Waals surface area contributed by atoms with Crippen LogP contribution in [0.2, 0.25) is 0 Å². The van der Waals surface area contributed by atoms with Gasteiger partial charge in [-0.2, -0.15) is 0 Å². The molecule has 9 heteroatoms. The highest BCUT2D eigenvalue weighted by Crippen LogP contribution is 2.43. The molecule has 2 aromatic carbocycles. The van der Waals surface area contributed by atoms with Crippen LogP contribution in [0.5, 0.6) is 28.7 Å². The molecule has 0 radical (unpaired) electrons. The molecular formula is C30H30N2O7. The lowest BCUT2D eigenvalue weighted by molar-refractivity contribution is 0.101. The van der Waals surface area contributed by atoms with Crippen LogP contribution in [0.4, 0.5) is 0 Å². The number of hydrogen-bond donors (Lipinski definition) is 1. The number of fused-ring (bicyclic) bond motifs is 5. The zero-order valence-corrected chi connectivity index (χ0v) is 22.1. The average Bonchev–Trinajstić information content (AvgIpc) is 3.25. The second kappa shape index (κ2) is 9.81. The number of aromatic hydroxyl groups is 1. The van der Waals surface area contributed by atoms with Crippen LogP contribution in [0.1, 0.15) is 39.5 Å². The van der Waals surface area contributed by atoms with Gasteiger partial charge in [0.05, 0.1) is 32.5 Å². The molecule has 1 N–H and O–H groups in total. The van der Waals surface area contributed by atoms with E-state index in [1.54, 1.807) is 36.4 Å². The van der Waals surface area contributed by atoms with Crippen molar-refractivity contribution >= 4 is 11.9 Å². The highest BCUT2D eigenvalue weighted by Gasteiger charge is 2.37. The minimum atomic E-state index is -0.260. The minimum absolute atomic E-state index is 0.0486. The maximum Gasteiger partial charge on any atom is 0.250 e. The zero-order chi connectivity index (χ0) is 27.3. The molecule has 202 valence electrons. The molecule has 39 heavy (non-hydrogen) atoms. The van der Waals surface area contributed by atoms with Gasteiger partial charge in [0.15, 0.2) is 17.3 Å². The van der Waals surface area contributed by atoms with Crippen LogP contribution in [0.15, 0.2) is 53.0 Å². The number of allylic oxidation sites excluding steroid dienone is 1. The SMILES string of the molecule is COc1cc(/C=C2\Oc3c(ccc(O)c3CN3C[C@@H]4C[C@@H](C3)c3cccc(=O)n3C4)C2=O)cc(OC)c1OC. The van der Waals surface area contributed by atoms with Gasteiger partial charge in [-0.25, -0.2) is 0 Å². The third kappa shape index (κ3) is 4.32. The van der Waals surface area contributed by atoms with Crippen molar-refractivity contribution in [1.82, 2.24) is 9.47 Å². The van der Waals surface area contributed by atoms with E-state index in [0.717, 1.165) is 25.2 Å². The fourth-order valence-corrected chi connectivity index (χ4v) is 6.13. The Morgan fingerprint density at radius 2 is 1.77 bits per heavy atom. The van der Waals surface area contributed by atoms with Crippen LogP contribution < -0.4 is 24.5 Å². The number of carbonyl (C=O) groups excluding carboxylic acids is 1. The lowest BCUT2D eigenvalue weighted by atomic mass is 9.83. The summed E-state index contributed by atoms with van der Waals surface area (Å²) in [6.07, 6.45) is 2.67. The average molecular weight is 531 g/mol. The first-order valence-corrected chi connectivity index (χ1v) is 12.9. The summed E-state index contributed by atoms with van der Waals surface area (Å²) in [4.78, 5) is 28.0. The molecule has 0 unspecified atom stereocenters. The molecule has 0 amide bonds. The van der Waals surface area contributed by atoms with Gasteiger partial charge < -0.3 is 28.6 Å². The van der Waals surface area contributed by atoms with Crippen LogP contribution in [0.25, 0.3) is 6.08 Å². The largest absolute Gasteiger partial charge is 0.507 e. The van der Waals surface area contributed by atoms with Gasteiger partial charge in [-0.05, 0) is 54.3 Å². The van der Waals surface area contributed by atoms with Gasteiger partial charge in [-0.15, -0.1) is 0 Å². The minimum Gasteiger partial charge on any atom is -0.507 e. The van der Waals surface area contributed by atoms with Crippen LogP contribution in [0.3, 0.4) is 0 Å². The Labute approximate surface area is 225 Å². The Morgan fingerprint density at radius 1 is 1.00 bits per heavy atom. The smallest absolute Gasteiger partial charge is 0.250 e. The number of methoxy groups -OCH3 is 3. The first-order valence-electron chi connectivity index (χ1n) is 12.9.